The molecule has 8 heteroatoms. The highest BCUT2D eigenvalue weighted by molar-refractivity contribution is 5.93. The van der Waals surface area contributed by atoms with E-state index in [0.29, 0.717) is 22.4 Å². The SMILES string of the molecule is Cn1cc(-c2ncc(F)c(ONC(=O)c3ccccc3)c2Cc2ccc(F)cc2)cn1. The number of rotatable bonds is 6. The quantitative estimate of drug-likeness (QED) is 0.478. The van der Waals surface area contributed by atoms with E-state index in [1.54, 1.807) is 66.6 Å². The molecule has 0 atom stereocenters. The van der Waals surface area contributed by atoms with Crippen molar-refractivity contribution in [1.29, 1.82) is 0 Å². The molecule has 0 aliphatic carbocycles. The number of aromatic nitrogens is 3. The molecule has 0 bridgehead atoms. The standard InChI is InChI=1S/C23H18F2N4O2/c1-29-14-17(12-27-29)21-19(11-15-7-9-18(24)10-8-15)22(20(25)13-26-21)31-28-23(30)16-5-3-2-4-6-16/h2-10,12-14H,11H2,1H3,(H,28,30). The molecule has 4 aromatic rings. The monoisotopic (exact) mass is 420 g/mol. The van der Waals surface area contributed by atoms with Crippen LogP contribution in [0.5, 0.6) is 5.75 Å². The smallest absolute Gasteiger partial charge is 0.283 e. The number of benzene rings is 2. The van der Waals surface area contributed by atoms with Crippen LogP contribution in [0.2, 0.25) is 0 Å². The van der Waals surface area contributed by atoms with Crippen molar-refractivity contribution < 1.29 is 18.4 Å². The van der Waals surface area contributed by atoms with E-state index in [1.807, 2.05) is 0 Å². The first-order chi connectivity index (χ1) is 15.0. The molecule has 31 heavy (non-hydrogen) atoms. The van der Waals surface area contributed by atoms with Crippen LogP contribution in [0, 0.1) is 11.6 Å². The summed E-state index contributed by atoms with van der Waals surface area (Å²) in [5.41, 5.74) is 4.87. The summed E-state index contributed by atoms with van der Waals surface area (Å²) in [5, 5.41) is 4.14. The maximum atomic E-state index is 14.8. The fraction of sp³-hybridized carbons (Fsp3) is 0.0870. The molecule has 156 valence electrons. The third kappa shape index (κ3) is 4.58. The van der Waals surface area contributed by atoms with E-state index in [9.17, 15) is 13.6 Å². The molecule has 0 fully saturated rings. The lowest BCUT2D eigenvalue weighted by molar-refractivity contribution is 0.0750. The number of carbonyl (C=O) groups is 1. The second kappa shape index (κ2) is 8.74. The predicted octanol–water partition coefficient (Wildman–Crippen LogP) is 4.07. The van der Waals surface area contributed by atoms with Gasteiger partial charge in [0.1, 0.15) is 5.82 Å². The molecule has 0 radical (unpaired) electrons. The molecule has 0 unspecified atom stereocenters. The van der Waals surface area contributed by atoms with Gasteiger partial charge in [0.25, 0.3) is 5.91 Å². The van der Waals surface area contributed by atoms with E-state index in [2.05, 4.69) is 15.6 Å². The van der Waals surface area contributed by atoms with Gasteiger partial charge in [-0.1, -0.05) is 30.3 Å². The van der Waals surface area contributed by atoms with Gasteiger partial charge in [0, 0.05) is 36.4 Å². The summed E-state index contributed by atoms with van der Waals surface area (Å²) in [6.07, 6.45) is 4.56. The molecule has 0 saturated carbocycles. The number of aryl methyl sites for hydroxylation is 1. The van der Waals surface area contributed by atoms with Crippen molar-refractivity contribution in [2.45, 2.75) is 6.42 Å². The topological polar surface area (TPSA) is 69.0 Å². The summed E-state index contributed by atoms with van der Waals surface area (Å²) in [6.45, 7) is 0. The van der Waals surface area contributed by atoms with E-state index >= 15 is 0 Å². The molecule has 4 rings (SSSR count). The average molecular weight is 420 g/mol. The molecule has 2 aromatic carbocycles. The van der Waals surface area contributed by atoms with Crippen molar-refractivity contribution in [3.63, 3.8) is 0 Å². The van der Waals surface area contributed by atoms with Crippen LogP contribution >= 0.6 is 0 Å². The zero-order valence-corrected chi connectivity index (χ0v) is 16.5. The summed E-state index contributed by atoms with van der Waals surface area (Å²) < 4.78 is 29.7. The zero-order valence-electron chi connectivity index (χ0n) is 16.5. The Hall–Kier alpha value is -4.07. The molecule has 2 aromatic heterocycles. The van der Waals surface area contributed by atoms with E-state index in [-0.39, 0.29) is 18.0 Å². The fourth-order valence-corrected chi connectivity index (χ4v) is 3.13. The van der Waals surface area contributed by atoms with Crippen LogP contribution in [0.4, 0.5) is 8.78 Å². The van der Waals surface area contributed by atoms with Gasteiger partial charge in [-0.15, -0.1) is 0 Å². The highest BCUT2D eigenvalue weighted by atomic mass is 19.1. The largest absolute Gasteiger partial charge is 0.376 e. The Balaban J connectivity index is 1.71. The molecule has 0 saturated heterocycles. The normalized spacial score (nSPS) is 10.7. The van der Waals surface area contributed by atoms with Crippen LogP contribution < -0.4 is 10.3 Å². The second-order valence-electron chi connectivity index (χ2n) is 6.87. The first-order valence-electron chi connectivity index (χ1n) is 9.44. The van der Waals surface area contributed by atoms with Crippen molar-refractivity contribution in [2.24, 2.45) is 7.05 Å². The lowest BCUT2D eigenvalue weighted by Crippen LogP contribution is -2.28. The minimum Gasteiger partial charge on any atom is -0.376 e. The van der Waals surface area contributed by atoms with E-state index < -0.39 is 11.7 Å². The van der Waals surface area contributed by atoms with Crippen LogP contribution in [0.15, 0.2) is 73.2 Å². The minimum atomic E-state index is -0.738. The Morgan fingerprint density at radius 3 is 2.48 bits per heavy atom. The molecule has 0 aliphatic rings. The first kappa shape index (κ1) is 20.2. The van der Waals surface area contributed by atoms with Crippen molar-refractivity contribution in [1.82, 2.24) is 20.2 Å². The maximum Gasteiger partial charge on any atom is 0.283 e. The maximum absolute atomic E-state index is 14.8. The molecule has 6 nitrogen and oxygen atoms in total. The summed E-state index contributed by atoms with van der Waals surface area (Å²) in [5.74, 6) is -1.80. The van der Waals surface area contributed by atoms with Gasteiger partial charge in [0.05, 0.1) is 18.1 Å². The fourth-order valence-electron chi connectivity index (χ4n) is 3.13. The number of halogens is 2. The van der Waals surface area contributed by atoms with Crippen molar-refractivity contribution in [3.8, 4) is 17.0 Å². The summed E-state index contributed by atoms with van der Waals surface area (Å²) in [7, 11) is 1.75. The lowest BCUT2D eigenvalue weighted by atomic mass is 10.00. The Morgan fingerprint density at radius 1 is 1.06 bits per heavy atom. The Labute approximate surface area is 177 Å². The highest BCUT2D eigenvalue weighted by Crippen LogP contribution is 2.32. The number of carbonyl (C=O) groups excluding carboxylic acids is 1. The number of nitrogens with one attached hydrogen (secondary N) is 1. The summed E-state index contributed by atoms with van der Waals surface area (Å²) in [6, 6.07) is 14.3. The van der Waals surface area contributed by atoms with Gasteiger partial charge in [0.2, 0.25) is 0 Å². The Kier molecular flexibility index (Phi) is 5.70. The number of hydrogen-bond acceptors (Lipinski definition) is 4. The van der Waals surface area contributed by atoms with Crippen LogP contribution in [-0.2, 0) is 13.5 Å². The van der Waals surface area contributed by atoms with Gasteiger partial charge in [-0.3, -0.25) is 14.5 Å². The highest BCUT2D eigenvalue weighted by Gasteiger charge is 2.21. The predicted molar refractivity (Wildman–Crippen MR) is 110 cm³/mol. The molecular weight excluding hydrogens is 402 g/mol. The third-order valence-corrected chi connectivity index (χ3v) is 4.64. The molecule has 2 heterocycles. The van der Waals surface area contributed by atoms with E-state index in [4.69, 9.17) is 4.84 Å². The van der Waals surface area contributed by atoms with Crippen LogP contribution in [-0.4, -0.2) is 20.7 Å². The van der Waals surface area contributed by atoms with Crippen molar-refractivity contribution in [2.75, 3.05) is 0 Å². The van der Waals surface area contributed by atoms with Gasteiger partial charge in [-0.2, -0.15) is 10.6 Å². The van der Waals surface area contributed by atoms with E-state index in [0.717, 1.165) is 11.8 Å². The lowest BCUT2D eigenvalue weighted by Gasteiger charge is -2.15. The first-order valence-corrected chi connectivity index (χ1v) is 9.44. The number of amides is 1. The molecule has 0 spiro atoms. The molecule has 0 aliphatic heterocycles. The van der Waals surface area contributed by atoms with Crippen molar-refractivity contribution >= 4 is 5.91 Å². The van der Waals surface area contributed by atoms with Gasteiger partial charge < -0.3 is 4.84 Å². The minimum absolute atomic E-state index is 0.164. The number of pyridine rings is 1. The van der Waals surface area contributed by atoms with Gasteiger partial charge in [0.15, 0.2) is 11.6 Å². The number of hydrogen-bond donors (Lipinski definition) is 1. The molecule has 1 amide bonds. The average Bonchev–Trinajstić information content (AvgIpc) is 3.21. The third-order valence-electron chi connectivity index (χ3n) is 4.64. The van der Waals surface area contributed by atoms with Crippen LogP contribution in [0.25, 0.3) is 11.3 Å². The number of hydroxylamine groups is 1. The molecule has 1 N–H and O–H groups in total. The Bertz CT molecular complexity index is 1210. The Morgan fingerprint density at radius 2 is 1.81 bits per heavy atom. The molecular formula is C23H18F2N4O2. The second-order valence-corrected chi connectivity index (χ2v) is 6.87. The summed E-state index contributed by atoms with van der Waals surface area (Å²) in [4.78, 5) is 22.0. The van der Waals surface area contributed by atoms with Crippen LogP contribution in [0.3, 0.4) is 0 Å². The van der Waals surface area contributed by atoms with Gasteiger partial charge in [-0.25, -0.2) is 8.78 Å². The van der Waals surface area contributed by atoms with E-state index in [1.165, 1.54) is 12.1 Å². The van der Waals surface area contributed by atoms with Crippen molar-refractivity contribution in [3.05, 3.63) is 102 Å². The van der Waals surface area contributed by atoms with Crippen LogP contribution in [0.1, 0.15) is 21.5 Å². The van der Waals surface area contributed by atoms with Gasteiger partial charge >= 0.3 is 0 Å². The summed E-state index contributed by atoms with van der Waals surface area (Å²) >= 11 is 0. The zero-order chi connectivity index (χ0) is 21.8. The van der Waals surface area contributed by atoms with Gasteiger partial charge in [-0.05, 0) is 29.8 Å². The number of nitrogens with zero attached hydrogens (tertiary/aromatic N) is 3.